The predicted octanol–water partition coefficient (Wildman–Crippen LogP) is 0.785. The topological polar surface area (TPSA) is 58.6 Å². The minimum Gasteiger partial charge on any atom is -0.469 e. The van der Waals surface area contributed by atoms with Crippen LogP contribution in [-0.2, 0) is 14.3 Å². The number of nitrogens with one attached hydrogen (secondary N) is 1. The van der Waals surface area contributed by atoms with Crippen molar-refractivity contribution in [1.82, 2.24) is 10.2 Å². The normalized spacial score (nSPS) is 35.3. The quantitative estimate of drug-likeness (QED) is 0.769. The molecule has 1 heterocycles. The molecule has 2 fully saturated rings. The minimum absolute atomic E-state index is 0.0301. The molecule has 2 unspecified atom stereocenters. The second-order valence-corrected chi connectivity index (χ2v) is 6.04. The van der Waals surface area contributed by atoms with Gasteiger partial charge in [0.15, 0.2) is 0 Å². The Morgan fingerprint density at radius 3 is 2.42 bits per heavy atom. The van der Waals surface area contributed by atoms with Gasteiger partial charge in [0.05, 0.1) is 13.0 Å². The number of rotatable bonds is 3. The van der Waals surface area contributed by atoms with E-state index in [1.165, 1.54) is 26.9 Å². The number of nitrogens with zero attached hydrogens (tertiary/aromatic N) is 1. The second kappa shape index (κ2) is 5.90. The van der Waals surface area contributed by atoms with Crippen molar-refractivity contribution in [2.75, 3.05) is 20.2 Å². The van der Waals surface area contributed by atoms with E-state index in [2.05, 4.69) is 17.1 Å². The molecule has 5 heteroatoms. The van der Waals surface area contributed by atoms with E-state index in [1.807, 2.05) is 0 Å². The lowest BCUT2D eigenvalue weighted by Crippen LogP contribution is -2.57. The van der Waals surface area contributed by atoms with Crippen molar-refractivity contribution in [3.63, 3.8) is 0 Å². The van der Waals surface area contributed by atoms with Gasteiger partial charge in [-0.3, -0.25) is 14.5 Å². The summed E-state index contributed by atoms with van der Waals surface area (Å²) < 4.78 is 4.87. The van der Waals surface area contributed by atoms with E-state index in [0.29, 0.717) is 12.5 Å². The highest BCUT2D eigenvalue weighted by molar-refractivity contribution is 5.74. The predicted molar refractivity (Wildman–Crippen MR) is 71.5 cm³/mol. The smallest absolute Gasteiger partial charge is 0.310 e. The Labute approximate surface area is 114 Å². The highest BCUT2D eigenvalue weighted by Crippen LogP contribution is 2.34. The van der Waals surface area contributed by atoms with Crippen molar-refractivity contribution < 1.29 is 14.3 Å². The first kappa shape index (κ1) is 14.3. The van der Waals surface area contributed by atoms with Gasteiger partial charge in [0.1, 0.15) is 0 Å². The van der Waals surface area contributed by atoms with Crippen LogP contribution in [0.25, 0.3) is 0 Å². The number of hydrogen-bond donors (Lipinski definition) is 1. The zero-order valence-corrected chi connectivity index (χ0v) is 12.0. The van der Waals surface area contributed by atoms with Crippen molar-refractivity contribution in [3.8, 4) is 0 Å². The molecule has 0 radical (unpaired) electrons. The second-order valence-electron chi connectivity index (χ2n) is 6.04. The molecular weight excluding hydrogens is 244 g/mol. The highest BCUT2D eigenvalue weighted by Gasteiger charge is 2.39. The molecule has 0 spiro atoms. The number of ether oxygens (including phenoxy) is 1. The third kappa shape index (κ3) is 3.47. The summed E-state index contributed by atoms with van der Waals surface area (Å²) >= 11 is 0. The van der Waals surface area contributed by atoms with Gasteiger partial charge in [-0.2, -0.15) is 0 Å². The number of hydrogen-bond acceptors (Lipinski definition) is 4. The fourth-order valence-corrected chi connectivity index (χ4v) is 3.32. The molecule has 0 bridgehead atoms. The van der Waals surface area contributed by atoms with Crippen molar-refractivity contribution in [3.05, 3.63) is 0 Å². The van der Waals surface area contributed by atoms with Crippen LogP contribution in [0.1, 0.15) is 33.1 Å². The van der Waals surface area contributed by atoms with E-state index in [1.54, 1.807) is 0 Å². The molecule has 5 nitrogen and oxygen atoms in total. The van der Waals surface area contributed by atoms with Gasteiger partial charge in [0.2, 0.25) is 5.91 Å². The molecule has 1 aliphatic heterocycles. The van der Waals surface area contributed by atoms with Gasteiger partial charge in [-0.1, -0.05) is 6.92 Å². The van der Waals surface area contributed by atoms with Gasteiger partial charge in [0.25, 0.3) is 0 Å². The summed E-state index contributed by atoms with van der Waals surface area (Å²) in [5, 5.41) is 2.95. The molecule has 1 saturated carbocycles. The van der Waals surface area contributed by atoms with Crippen LogP contribution in [0.4, 0.5) is 0 Å². The molecule has 19 heavy (non-hydrogen) atoms. The summed E-state index contributed by atoms with van der Waals surface area (Å²) in [7, 11) is 1.43. The Bertz CT molecular complexity index is 353. The van der Waals surface area contributed by atoms with Gasteiger partial charge >= 0.3 is 5.97 Å². The Morgan fingerprint density at radius 2 is 1.89 bits per heavy atom. The number of piperidine rings is 1. The minimum atomic E-state index is -0.160. The maximum absolute atomic E-state index is 11.8. The first-order valence-corrected chi connectivity index (χ1v) is 7.08. The standard InChI is InChI=1S/C14H24N2O3/c1-9-4-13(5-9)16-7-11(14(18)19-3)6-12(8-16)15-10(2)17/h9,11-13H,4-8H2,1-3H3,(H,15,17). The number of carbonyl (C=O) groups excluding carboxylic acids is 2. The molecule has 1 N–H and O–H groups in total. The Balaban J connectivity index is 1.99. The molecule has 1 aliphatic carbocycles. The van der Waals surface area contributed by atoms with Crippen molar-refractivity contribution >= 4 is 11.9 Å². The fourth-order valence-electron chi connectivity index (χ4n) is 3.32. The monoisotopic (exact) mass is 268 g/mol. The van der Waals surface area contributed by atoms with Crippen LogP contribution in [-0.4, -0.2) is 49.1 Å². The molecule has 2 atom stereocenters. The summed E-state index contributed by atoms with van der Waals surface area (Å²) in [4.78, 5) is 25.4. The molecule has 0 aromatic carbocycles. The van der Waals surface area contributed by atoms with E-state index in [4.69, 9.17) is 4.74 Å². The van der Waals surface area contributed by atoms with E-state index in [0.717, 1.165) is 19.0 Å². The third-order valence-electron chi connectivity index (χ3n) is 4.29. The first-order valence-electron chi connectivity index (χ1n) is 7.08. The number of likely N-dealkylation sites (tertiary alicyclic amines) is 1. The lowest BCUT2D eigenvalue weighted by atomic mass is 9.79. The van der Waals surface area contributed by atoms with Crippen LogP contribution in [0.2, 0.25) is 0 Å². The number of carbonyl (C=O) groups is 2. The first-order chi connectivity index (χ1) is 8.99. The molecule has 0 aromatic heterocycles. The zero-order chi connectivity index (χ0) is 14.0. The van der Waals surface area contributed by atoms with Gasteiger partial charge < -0.3 is 10.1 Å². The van der Waals surface area contributed by atoms with Gasteiger partial charge in [-0.25, -0.2) is 0 Å². The van der Waals surface area contributed by atoms with Crippen molar-refractivity contribution in [2.45, 2.75) is 45.2 Å². The SMILES string of the molecule is COC(=O)C1CC(NC(C)=O)CN(C2CC(C)C2)C1. The van der Waals surface area contributed by atoms with Gasteiger partial charge in [-0.15, -0.1) is 0 Å². The Morgan fingerprint density at radius 1 is 1.21 bits per heavy atom. The summed E-state index contributed by atoms with van der Waals surface area (Å²) in [5.74, 6) is 0.471. The summed E-state index contributed by atoms with van der Waals surface area (Å²) in [6, 6.07) is 0.630. The third-order valence-corrected chi connectivity index (χ3v) is 4.29. The Hall–Kier alpha value is -1.10. The van der Waals surface area contributed by atoms with Crippen LogP contribution in [0.5, 0.6) is 0 Å². The largest absolute Gasteiger partial charge is 0.469 e. The molecule has 108 valence electrons. The van der Waals surface area contributed by atoms with Crippen LogP contribution >= 0.6 is 0 Å². The Kier molecular flexibility index (Phi) is 4.45. The van der Waals surface area contributed by atoms with E-state index >= 15 is 0 Å². The number of methoxy groups -OCH3 is 1. The molecule has 2 rings (SSSR count). The van der Waals surface area contributed by atoms with E-state index < -0.39 is 0 Å². The molecule has 2 aliphatic rings. The van der Waals surface area contributed by atoms with Crippen LogP contribution in [0.3, 0.4) is 0 Å². The summed E-state index contributed by atoms with van der Waals surface area (Å²) in [6.07, 6.45) is 3.08. The average Bonchev–Trinajstić information content (AvgIpc) is 2.32. The summed E-state index contributed by atoms with van der Waals surface area (Å²) in [6.45, 7) is 5.39. The van der Waals surface area contributed by atoms with Crippen LogP contribution < -0.4 is 5.32 Å². The van der Waals surface area contributed by atoms with Crippen molar-refractivity contribution in [1.29, 1.82) is 0 Å². The molecule has 0 aromatic rings. The van der Waals surface area contributed by atoms with Gasteiger partial charge in [0, 0.05) is 32.1 Å². The lowest BCUT2D eigenvalue weighted by molar-refractivity contribution is -0.149. The maximum Gasteiger partial charge on any atom is 0.310 e. The zero-order valence-electron chi connectivity index (χ0n) is 12.0. The number of esters is 1. The highest BCUT2D eigenvalue weighted by atomic mass is 16.5. The van der Waals surface area contributed by atoms with Crippen molar-refractivity contribution in [2.24, 2.45) is 11.8 Å². The molecule has 1 saturated heterocycles. The summed E-state index contributed by atoms with van der Waals surface area (Å²) in [5.41, 5.74) is 0. The molecule has 1 amide bonds. The number of amides is 1. The average molecular weight is 268 g/mol. The van der Waals surface area contributed by atoms with E-state index in [-0.39, 0.29) is 23.8 Å². The lowest BCUT2D eigenvalue weighted by Gasteiger charge is -2.47. The van der Waals surface area contributed by atoms with Crippen LogP contribution in [0, 0.1) is 11.8 Å². The van der Waals surface area contributed by atoms with E-state index in [9.17, 15) is 9.59 Å². The van der Waals surface area contributed by atoms with Crippen LogP contribution in [0.15, 0.2) is 0 Å². The molecular formula is C14H24N2O3. The maximum atomic E-state index is 11.8. The van der Waals surface area contributed by atoms with Gasteiger partial charge in [-0.05, 0) is 25.2 Å². The fraction of sp³-hybridized carbons (Fsp3) is 0.857.